The van der Waals surface area contributed by atoms with Gasteiger partial charge in [0.1, 0.15) is 0 Å². The Hall–Kier alpha value is -2.50. The number of hydrogen-bond donors (Lipinski definition) is 1. The summed E-state index contributed by atoms with van der Waals surface area (Å²) in [5, 5.41) is 0.752. The highest BCUT2D eigenvalue weighted by molar-refractivity contribution is 7.88. The molecule has 5 heteroatoms. The summed E-state index contributed by atoms with van der Waals surface area (Å²) in [6.45, 7) is 3.51. The Bertz CT molecular complexity index is 748. The molecule has 0 saturated heterocycles. The van der Waals surface area contributed by atoms with Crippen molar-refractivity contribution in [3.63, 3.8) is 0 Å². The van der Waals surface area contributed by atoms with Crippen LogP contribution < -0.4 is 0 Å². The molecule has 120 valence electrons. The number of allylic oxidation sites excluding steroid dienone is 1. The predicted molar refractivity (Wildman–Crippen MR) is 92.6 cm³/mol. The van der Waals surface area contributed by atoms with Crippen molar-refractivity contribution in [3.05, 3.63) is 89.9 Å². The van der Waals surface area contributed by atoms with Gasteiger partial charge in [-0.2, -0.15) is 8.42 Å². The summed E-state index contributed by atoms with van der Waals surface area (Å²) in [7, 11) is -4.00. The van der Waals surface area contributed by atoms with Gasteiger partial charge < -0.3 is 0 Å². The van der Waals surface area contributed by atoms with E-state index in [-0.39, 0.29) is 5.78 Å². The Kier molecular flexibility index (Phi) is 7.66. The number of benzene rings is 2. The Morgan fingerprint density at radius 1 is 1.00 bits per heavy atom. The maximum Gasteiger partial charge on any atom is 0.287 e. The fourth-order valence-corrected chi connectivity index (χ4v) is 1.93. The van der Waals surface area contributed by atoms with Crippen LogP contribution in [0.5, 0.6) is 0 Å². The van der Waals surface area contributed by atoms with Crippen molar-refractivity contribution in [2.75, 3.05) is 0 Å². The molecule has 1 N–H and O–H groups in total. The number of Topliss-reactive ketones (excluding diaryl/α,β-unsaturated/α-hetero) is 1. The first-order chi connectivity index (χ1) is 10.9. The molecule has 4 nitrogen and oxygen atoms in total. The first-order valence-electron chi connectivity index (χ1n) is 6.82. The van der Waals surface area contributed by atoms with Gasteiger partial charge in [0.2, 0.25) is 0 Å². The minimum Gasteiger partial charge on any atom is -0.294 e. The number of carbonyl (C=O) groups excluding carboxylic acids is 1. The molecule has 0 heterocycles. The van der Waals surface area contributed by atoms with Crippen LogP contribution >= 0.6 is 0 Å². The van der Waals surface area contributed by atoms with Gasteiger partial charge in [-0.25, -0.2) is 0 Å². The molecule has 23 heavy (non-hydrogen) atoms. The minimum atomic E-state index is -4.00. The van der Waals surface area contributed by atoms with E-state index in [2.05, 4.69) is 6.58 Å². The molecule has 0 radical (unpaired) electrons. The van der Waals surface area contributed by atoms with Crippen LogP contribution in [0.25, 0.3) is 6.08 Å². The second-order valence-corrected chi connectivity index (χ2v) is 5.81. The quantitative estimate of drug-likeness (QED) is 0.511. The summed E-state index contributed by atoms with van der Waals surface area (Å²) in [5.41, 5.74) is 1.49. The monoisotopic (exact) mass is 330 g/mol. The van der Waals surface area contributed by atoms with E-state index in [4.69, 9.17) is 4.55 Å². The van der Waals surface area contributed by atoms with Crippen molar-refractivity contribution < 1.29 is 17.8 Å². The van der Waals surface area contributed by atoms with Crippen LogP contribution in [-0.4, -0.2) is 18.8 Å². The van der Waals surface area contributed by atoms with E-state index in [1.807, 2.05) is 36.4 Å². The number of rotatable bonds is 5. The smallest absolute Gasteiger partial charge is 0.287 e. The molecular weight excluding hydrogens is 312 g/mol. The van der Waals surface area contributed by atoms with Crippen LogP contribution in [0.2, 0.25) is 0 Å². The first kappa shape index (κ1) is 18.5. The third-order valence-corrected chi connectivity index (χ3v) is 3.14. The summed E-state index contributed by atoms with van der Waals surface area (Å²) < 4.78 is 28.9. The van der Waals surface area contributed by atoms with Gasteiger partial charge in [0, 0.05) is 12.0 Å². The average Bonchev–Trinajstić information content (AvgIpc) is 2.55. The van der Waals surface area contributed by atoms with Gasteiger partial charge in [0.15, 0.2) is 5.78 Å². The zero-order valence-corrected chi connectivity index (χ0v) is 13.3. The molecule has 2 aromatic rings. The third kappa shape index (κ3) is 8.50. The predicted octanol–water partition coefficient (Wildman–Crippen LogP) is 3.99. The molecule has 2 rings (SSSR count). The fraction of sp³-hybridized carbons (Fsp3) is 0.0556. The minimum absolute atomic E-state index is 0.126. The standard InChI is InChI=1S/C10H10O.C8H8O3S/c1-2-6-10(11)9-7-4-3-5-8-9;9-12(10,11)7-6-8-4-2-1-3-5-8/h2-5,7-8H,1,6H2;1-7H,(H,9,10,11). The molecular formula is C18H18O4S. The van der Waals surface area contributed by atoms with E-state index < -0.39 is 10.1 Å². The van der Waals surface area contributed by atoms with Crippen molar-refractivity contribution >= 4 is 22.0 Å². The van der Waals surface area contributed by atoms with Gasteiger partial charge in [-0.05, 0) is 11.6 Å². The lowest BCUT2D eigenvalue weighted by atomic mass is 10.1. The van der Waals surface area contributed by atoms with Crippen molar-refractivity contribution in [1.82, 2.24) is 0 Å². The summed E-state index contributed by atoms with van der Waals surface area (Å²) in [5.74, 6) is 0.126. The Morgan fingerprint density at radius 2 is 1.52 bits per heavy atom. The summed E-state index contributed by atoms with van der Waals surface area (Å²) >= 11 is 0. The molecule has 0 amide bonds. The summed E-state index contributed by atoms with van der Waals surface area (Å²) in [4.78, 5) is 11.2. The van der Waals surface area contributed by atoms with Gasteiger partial charge in [0.05, 0.1) is 5.41 Å². The zero-order chi connectivity index (χ0) is 17.1. The van der Waals surface area contributed by atoms with Crippen molar-refractivity contribution in [1.29, 1.82) is 0 Å². The van der Waals surface area contributed by atoms with Crippen LogP contribution in [0, 0.1) is 0 Å². The largest absolute Gasteiger partial charge is 0.294 e. The lowest BCUT2D eigenvalue weighted by Gasteiger charge is -1.94. The molecule has 0 unspecified atom stereocenters. The Morgan fingerprint density at radius 3 is 2.00 bits per heavy atom. The topological polar surface area (TPSA) is 71.4 Å². The number of ketones is 1. The lowest BCUT2D eigenvalue weighted by molar-refractivity contribution is 0.0996. The summed E-state index contributed by atoms with van der Waals surface area (Å²) in [6.07, 6.45) is 3.37. The van der Waals surface area contributed by atoms with Gasteiger partial charge in [-0.1, -0.05) is 66.7 Å². The molecule has 2 aromatic carbocycles. The molecule has 0 fully saturated rings. The van der Waals surface area contributed by atoms with Crippen molar-refractivity contribution in [2.24, 2.45) is 0 Å². The highest BCUT2D eigenvalue weighted by atomic mass is 32.2. The maximum absolute atomic E-state index is 11.2. The second-order valence-electron chi connectivity index (χ2n) is 4.51. The van der Waals surface area contributed by atoms with Gasteiger partial charge in [0.25, 0.3) is 10.1 Å². The van der Waals surface area contributed by atoms with E-state index in [0.29, 0.717) is 6.42 Å². The molecule has 0 aliphatic heterocycles. The lowest BCUT2D eigenvalue weighted by Crippen LogP contribution is -1.95. The molecule has 0 aliphatic carbocycles. The molecule has 0 bridgehead atoms. The fourth-order valence-electron chi connectivity index (χ4n) is 1.60. The van der Waals surface area contributed by atoms with E-state index >= 15 is 0 Å². The highest BCUT2D eigenvalue weighted by Crippen LogP contribution is 2.03. The highest BCUT2D eigenvalue weighted by Gasteiger charge is 1.99. The normalized spacial score (nSPS) is 10.7. The molecule has 0 saturated carbocycles. The second kappa shape index (κ2) is 9.50. The Labute approximate surface area is 136 Å². The number of hydrogen-bond acceptors (Lipinski definition) is 3. The van der Waals surface area contributed by atoms with Gasteiger partial charge in [-0.3, -0.25) is 9.35 Å². The van der Waals surface area contributed by atoms with Gasteiger partial charge >= 0.3 is 0 Å². The maximum atomic E-state index is 11.2. The van der Waals surface area contributed by atoms with Crippen LogP contribution in [-0.2, 0) is 10.1 Å². The molecule has 0 spiro atoms. The van der Waals surface area contributed by atoms with E-state index in [9.17, 15) is 13.2 Å². The van der Waals surface area contributed by atoms with E-state index in [1.54, 1.807) is 30.3 Å². The molecule has 0 atom stereocenters. The van der Waals surface area contributed by atoms with Crippen molar-refractivity contribution in [3.8, 4) is 0 Å². The molecule has 0 aliphatic rings. The first-order valence-corrected chi connectivity index (χ1v) is 8.32. The van der Waals surface area contributed by atoms with Gasteiger partial charge in [-0.15, -0.1) is 6.58 Å². The SMILES string of the molecule is C=CCC(=O)c1ccccc1.O=S(=O)(O)C=Cc1ccccc1. The summed E-state index contributed by atoms with van der Waals surface area (Å²) in [6, 6.07) is 18.1. The third-order valence-electron chi connectivity index (χ3n) is 2.66. The zero-order valence-electron chi connectivity index (χ0n) is 12.5. The van der Waals surface area contributed by atoms with E-state index in [1.165, 1.54) is 6.08 Å². The van der Waals surface area contributed by atoms with Crippen molar-refractivity contribution in [2.45, 2.75) is 6.42 Å². The van der Waals surface area contributed by atoms with Crippen LogP contribution in [0.3, 0.4) is 0 Å². The van der Waals surface area contributed by atoms with Crippen LogP contribution in [0.1, 0.15) is 22.3 Å². The average molecular weight is 330 g/mol. The van der Waals surface area contributed by atoms with Crippen LogP contribution in [0.4, 0.5) is 0 Å². The van der Waals surface area contributed by atoms with Crippen LogP contribution in [0.15, 0.2) is 78.7 Å². The Balaban J connectivity index is 0.000000231. The van der Waals surface area contributed by atoms with E-state index in [0.717, 1.165) is 16.5 Å². The molecule has 0 aromatic heterocycles. The number of carbonyl (C=O) groups is 1.